The zero-order chi connectivity index (χ0) is 13.0. The predicted molar refractivity (Wildman–Crippen MR) is 71.4 cm³/mol. The zero-order valence-corrected chi connectivity index (χ0v) is 10.9. The van der Waals surface area contributed by atoms with E-state index in [1.165, 1.54) is 11.3 Å². The third-order valence-corrected chi connectivity index (χ3v) is 3.78. The first-order chi connectivity index (χ1) is 8.70. The number of hydrogen-bond donors (Lipinski definition) is 1. The topological polar surface area (TPSA) is 46.5 Å². The largest absolute Gasteiger partial charge is 0.487 e. The van der Waals surface area contributed by atoms with Gasteiger partial charge in [0.1, 0.15) is 12.4 Å². The maximum Gasteiger partial charge on any atom is 0.349 e. The summed E-state index contributed by atoms with van der Waals surface area (Å²) in [6.07, 6.45) is 0.819. The highest BCUT2D eigenvalue weighted by Gasteiger charge is 2.16. The van der Waals surface area contributed by atoms with Crippen molar-refractivity contribution >= 4 is 17.3 Å². The van der Waals surface area contributed by atoms with Crippen LogP contribution < -0.4 is 4.74 Å². The highest BCUT2D eigenvalue weighted by Crippen LogP contribution is 2.30. The molecular weight excluding hydrogens is 248 g/mol. The minimum Gasteiger partial charge on any atom is -0.487 e. The Bertz CT molecular complexity index is 531. The van der Waals surface area contributed by atoms with Crippen LogP contribution in [0.2, 0.25) is 0 Å². The second kappa shape index (κ2) is 5.69. The highest BCUT2D eigenvalue weighted by molar-refractivity contribution is 7.14. The van der Waals surface area contributed by atoms with E-state index in [0.29, 0.717) is 12.4 Å². The Morgan fingerprint density at radius 3 is 2.67 bits per heavy atom. The second-order valence-corrected chi connectivity index (χ2v) is 4.98. The van der Waals surface area contributed by atoms with Crippen molar-refractivity contribution in [3.63, 3.8) is 0 Å². The van der Waals surface area contributed by atoms with Crippen LogP contribution in [0, 0.1) is 0 Å². The minimum atomic E-state index is -0.928. The lowest BCUT2D eigenvalue weighted by atomic mass is 10.2. The lowest BCUT2D eigenvalue weighted by Crippen LogP contribution is -1.99. The van der Waals surface area contributed by atoms with Crippen LogP contribution in [0.25, 0.3) is 0 Å². The van der Waals surface area contributed by atoms with Gasteiger partial charge in [-0.15, -0.1) is 11.3 Å². The quantitative estimate of drug-likeness (QED) is 0.895. The standard InChI is InChI=1S/C14H14O3S/c1-2-11-8-12(13(18-11)14(15)16)17-9-10-6-4-3-5-7-10/h3-8H,2,9H2,1H3,(H,15,16). The third kappa shape index (κ3) is 2.90. The van der Waals surface area contributed by atoms with Crippen LogP contribution >= 0.6 is 11.3 Å². The molecule has 0 spiro atoms. The Morgan fingerprint density at radius 2 is 2.06 bits per heavy atom. The molecule has 18 heavy (non-hydrogen) atoms. The van der Waals surface area contributed by atoms with Gasteiger partial charge in [0.2, 0.25) is 0 Å². The van der Waals surface area contributed by atoms with Gasteiger partial charge in [0.15, 0.2) is 4.88 Å². The van der Waals surface area contributed by atoms with Gasteiger partial charge in [-0.2, -0.15) is 0 Å². The van der Waals surface area contributed by atoms with Gasteiger partial charge < -0.3 is 9.84 Å². The SMILES string of the molecule is CCc1cc(OCc2ccccc2)c(C(=O)O)s1. The fourth-order valence-electron chi connectivity index (χ4n) is 1.59. The molecule has 0 saturated carbocycles. The molecule has 2 aromatic rings. The van der Waals surface area contributed by atoms with Crippen LogP contribution in [0.1, 0.15) is 27.0 Å². The molecule has 0 saturated heterocycles. The molecule has 0 fully saturated rings. The summed E-state index contributed by atoms with van der Waals surface area (Å²) < 4.78 is 5.60. The van der Waals surface area contributed by atoms with E-state index in [-0.39, 0.29) is 4.88 Å². The summed E-state index contributed by atoms with van der Waals surface area (Å²) in [5.74, 6) is -0.462. The molecule has 1 aromatic heterocycles. The molecule has 3 nitrogen and oxygen atoms in total. The van der Waals surface area contributed by atoms with Gasteiger partial charge in [-0.3, -0.25) is 0 Å². The van der Waals surface area contributed by atoms with Crippen molar-refractivity contribution in [2.24, 2.45) is 0 Å². The van der Waals surface area contributed by atoms with E-state index < -0.39 is 5.97 Å². The summed E-state index contributed by atoms with van der Waals surface area (Å²) in [7, 11) is 0. The van der Waals surface area contributed by atoms with E-state index in [2.05, 4.69) is 0 Å². The molecule has 0 radical (unpaired) electrons. The third-order valence-electron chi connectivity index (χ3n) is 2.53. The smallest absolute Gasteiger partial charge is 0.349 e. The van der Waals surface area contributed by atoms with Crippen LogP contribution in [-0.2, 0) is 13.0 Å². The van der Waals surface area contributed by atoms with Gasteiger partial charge in [-0.1, -0.05) is 37.3 Å². The van der Waals surface area contributed by atoms with Crippen LogP contribution in [0.15, 0.2) is 36.4 Å². The van der Waals surface area contributed by atoms with Crippen LogP contribution in [0.4, 0.5) is 0 Å². The monoisotopic (exact) mass is 262 g/mol. The first-order valence-corrected chi connectivity index (χ1v) is 6.55. The molecule has 0 bridgehead atoms. The maximum absolute atomic E-state index is 11.1. The zero-order valence-electron chi connectivity index (χ0n) is 10.1. The van der Waals surface area contributed by atoms with Crippen molar-refractivity contribution in [3.05, 3.63) is 51.7 Å². The summed E-state index contributed by atoms with van der Waals surface area (Å²) in [6.45, 7) is 2.39. The number of ether oxygens (including phenoxy) is 1. The molecule has 1 N–H and O–H groups in total. The molecule has 0 atom stereocenters. The molecule has 0 unspecified atom stereocenters. The van der Waals surface area contributed by atoms with Crippen LogP contribution in [0.5, 0.6) is 5.75 Å². The van der Waals surface area contributed by atoms with Crippen LogP contribution in [0.3, 0.4) is 0 Å². The number of benzene rings is 1. The summed E-state index contributed by atoms with van der Waals surface area (Å²) >= 11 is 1.28. The Balaban J connectivity index is 2.13. The Labute approximate surface area is 110 Å². The summed E-state index contributed by atoms with van der Waals surface area (Å²) in [4.78, 5) is 12.4. The fraction of sp³-hybridized carbons (Fsp3) is 0.214. The number of hydrogen-bond acceptors (Lipinski definition) is 3. The average Bonchev–Trinajstić information content (AvgIpc) is 2.81. The first-order valence-electron chi connectivity index (χ1n) is 5.73. The lowest BCUT2D eigenvalue weighted by molar-refractivity contribution is 0.0697. The Kier molecular flexibility index (Phi) is 3.99. The van der Waals surface area contributed by atoms with Gasteiger partial charge >= 0.3 is 5.97 Å². The van der Waals surface area contributed by atoms with Crippen molar-refractivity contribution < 1.29 is 14.6 Å². The lowest BCUT2D eigenvalue weighted by Gasteiger charge is -2.04. The van der Waals surface area contributed by atoms with E-state index in [4.69, 9.17) is 9.84 Å². The molecule has 0 aliphatic carbocycles. The number of carboxylic acids is 1. The molecular formula is C14H14O3S. The van der Waals surface area contributed by atoms with Crippen molar-refractivity contribution in [1.82, 2.24) is 0 Å². The number of carbonyl (C=O) groups is 1. The van der Waals surface area contributed by atoms with Gasteiger partial charge in [-0.25, -0.2) is 4.79 Å². The molecule has 1 heterocycles. The molecule has 4 heteroatoms. The van der Waals surface area contributed by atoms with Crippen molar-refractivity contribution in [3.8, 4) is 5.75 Å². The Hall–Kier alpha value is -1.81. The number of carboxylic acid groups (broad SMARTS) is 1. The van der Waals surface area contributed by atoms with Crippen molar-refractivity contribution in [2.75, 3.05) is 0 Å². The Morgan fingerprint density at radius 1 is 1.33 bits per heavy atom. The molecule has 0 amide bonds. The number of aryl methyl sites for hydroxylation is 1. The normalized spacial score (nSPS) is 10.3. The highest BCUT2D eigenvalue weighted by atomic mass is 32.1. The van der Waals surface area contributed by atoms with E-state index in [1.54, 1.807) is 0 Å². The van der Waals surface area contributed by atoms with Gasteiger partial charge in [-0.05, 0) is 18.1 Å². The molecule has 0 aliphatic heterocycles. The average molecular weight is 262 g/mol. The van der Waals surface area contributed by atoms with E-state index in [0.717, 1.165) is 16.9 Å². The van der Waals surface area contributed by atoms with Gasteiger partial charge in [0.25, 0.3) is 0 Å². The maximum atomic E-state index is 11.1. The number of rotatable bonds is 5. The molecule has 0 aliphatic rings. The van der Waals surface area contributed by atoms with E-state index >= 15 is 0 Å². The van der Waals surface area contributed by atoms with E-state index in [1.807, 2.05) is 43.3 Å². The molecule has 1 aromatic carbocycles. The summed E-state index contributed by atoms with van der Waals surface area (Å²) in [5.41, 5.74) is 1.03. The number of aromatic carboxylic acids is 1. The van der Waals surface area contributed by atoms with Gasteiger partial charge in [0.05, 0.1) is 0 Å². The predicted octanol–water partition coefficient (Wildman–Crippen LogP) is 3.59. The second-order valence-electron chi connectivity index (χ2n) is 3.84. The van der Waals surface area contributed by atoms with Crippen LogP contribution in [-0.4, -0.2) is 11.1 Å². The minimum absolute atomic E-state index is 0.280. The summed E-state index contributed by atoms with van der Waals surface area (Å²) in [6, 6.07) is 11.5. The first kappa shape index (κ1) is 12.6. The fourth-order valence-corrected chi connectivity index (χ4v) is 2.47. The summed E-state index contributed by atoms with van der Waals surface area (Å²) in [5, 5.41) is 9.10. The van der Waals surface area contributed by atoms with Gasteiger partial charge in [0, 0.05) is 4.88 Å². The number of thiophene rings is 1. The van der Waals surface area contributed by atoms with Crippen molar-refractivity contribution in [2.45, 2.75) is 20.0 Å². The molecule has 94 valence electrons. The van der Waals surface area contributed by atoms with Crippen molar-refractivity contribution in [1.29, 1.82) is 0 Å². The van der Waals surface area contributed by atoms with E-state index in [9.17, 15) is 4.79 Å². The molecule has 2 rings (SSSR count).